The van der Waals surface area contributed by atoms with Crippen molar-refractivity contribution in [1.82, 2.24) is 0 Å². The van der Waals surface area contributed by atoms with Crippen molar-refractivity contribution in [2.75, 3.05) is 0 Å². The summed E-state index contributed by atoms with van der Waals surface area (Å²) in [5.74, 6) is 0.375. The van der Waals surface area contributed by atoms with Gasteiger partial charge in [0, 0.05) is 11.1 Å². The van der Waals surface area contributed by atoms with Crippen LogP contribution < -0.4 is 10.5 Å². The van der Waals surface area contributed by atoms with Gasteiger partial charge in [0.2, 0.25) is 0 Å². The van der Waals surface area contributed by atoms with Crippen molar-refractivity contribution >= 4 is 15.9 Å². The molecule has 2 N–H and O–H groups in total. The predicted molar refractivity (Wildman–Crippen MR) is 120 cm³/mol. The van der Waals surface area contributed by atoms with Gasteiger partial charge in [-0.3, -0.25) is 0 Å². The topological polar surface area (TPSA) is 81.8 Å². The number of benzene rings is 3. The quantitative estimate of drug-likeness (QED) is 0.479. The molecule has 1 aliphatic heterocycles. The molecular weight excluding hydrogens is 434 g/mol. The molecule has 0 aromatic heterocycles. The van der Waals surface area contributed by atoms with E-state index in [0.717, 1.165) is 46.2 Å². The summed E-state index contributed by atoms with van der Waals surface area (Å²) in [4.78, 5) is 0.231. The number of hydrogen-bond donors (Lipinski definition) is 1. The van der Waals surface area contributed by atoms with E-state index in [0.29, 0.717) is 5.56 Å². The Bertz CT molecular complexity index is 1340. The van der Waals surface area contributed by atoms with Crippen LogP contribution in [0.25, 0.3) is 11.1 Å². The van der Waals surface area contributed by atoms with E-state index < -0.39 is 16.6 Å². The van der Waals surface area contributed by atoms with Gasteiger partial charge in [0.25, 0.3) is 10.0 Å². The van der Waals surface area contributed by atoms with Crippen molar-refractivity contribution < 1.29 is 21.9 Å². The number of nitrogens with zero attached hydrogens (tertiary/aromatic N) is 1. The van der Waals surface area contributed by atoms with Crippen LogP contribution in [0, 0.1) is 6.92 Å². The Labute approximate surface area is 185 Å². The Morgan fingerprint density at radius 3 is 2.47 bits per heavy atom. The molecule has 0 radical (unpaired) electrons. The first-order chi connectivity index (χ1) is 15.2. The minimum Gasteiger partial charge on any atom is -0.434 e. The highest BCUT2D eigenvalue weighted by Crippen LogP contribution is 2.42. The van der Waals surface area contributed by atoms with E-state index >= 15 is 0 Å². The van der Waals surface area contributed by atoms with Gasteiger partial charge in [-0.1, -0.05) is 49.4 Å². The fourth-order valence-corrected chi connectivity index (χ4v) is 5.42. The Hall–Kier alpha value is -3.26. The predicted octanol–water partition coefficient (Wildman–Crippen LogP) is 4.82. The summed E-state index contributed by atoms with van der Waals surface area (Å²) in [6.45, 7) is 1.11. The number of rotatable bonds is 3. The molecule has 32 heavy (non-hydrogen) atoms. The van der Waals surface area contributed by atoms with E-state index in [4.69, 9.17) is 5.73 Å². The summed E-state index contributed by atoms with van der Waals surface area (Å²) in [6.07, 6.45) is 1.64. The first-order valence-electron chi connectivity index (χ1n) is 10.1. The first-order valence-corrected chi connectivity index (χ1v) is 11.5. The van der Waals surface area contributed by atoms with Crippen LogP contribution in [-0.4, -0.2) is 20.9 Å². The number of ether oxygens (including phenoxy) is 1. The largest absolute Gasteiger partial charge is 0.434 e. The lowest BCUT2D eigenvalue weighted by Gasteiger charge is -2.10. The van der Waals surface area contributed by atoms with Crippen molar-refractivity contribution in [3.05, 3.63) is 82.4 Å². The van der Waals surface area contributed by atoms with Gasteiger partial charge in [-0.2, -0.15) is 17.2 Å². The lowest BCUT2D eigenvalue weighted by molar-refractivity contribution is -0.0494. The maximum absolute atomic E-state index is 12.3. The molecule has 2 aliphatic rings. The number of sulfonamides is 1. The Balaban J connectivity index is 0.000000155. The number of aryl methyl sites for hydroxylation is 1. The molecule has 166 valence electrons. The molecule has 1 heterocycles. The third-order valence-corrected chi connectivity index (χ3v) is 7.00. The second-order valence-electron chi connectivity index (χ2n) is 7.53. The number of hydrogen-bond acceptors (Lipinski definition) is 4. The Morgan fingerprint density at radius 2 is 1.75 bits per heavy atom. The minimum atomic E-state index is -3.54. The standard InChI is InChI=1S/C14H10F2O.C10H12N2O2S/c15-14(16)17-12-7-3-5-10-8-9-4-1-2-6-11(9)13(10)12;1-3-7-4-5-8-9(6(7)2)10(11)12-15(8,13)14/h1-7,14H,8H2;4-5H,3H2,1-2H3,(H2,11,12). The first kappa shape index (κ1) is 22.0. The van der Waals surface area contributed by atoms with Crippen molar-refractivity contribution in [1.29, 1.82) is 0 Å². The molecule has 0 saturated carbocycles. The fraction of sp³-hybridized carbons (Fsp3) is 0.208. The van der Waals surface area contributed by atoms with Gasteiger partial charge in [0.15, 0.2) is 0 Å². The van der Waals surface area contributed by atoms with Crippen LogP contribution in [0.2, 0.25) is 0 Å². The molecule has 5 rings (SSSR count). The smallest absolute Gasteiger partial charge is 0.387 e. The lowest BCUT2D eigenvalue weighted by Crippen LogP contribution is -2.13. The average Bonchev–Trinajstić information content (AvgIpc) is 3.23. The van der Waals surface area contributed by atoms with Crippen LogP contribution in [0.4, 0.5) is 8.78 Å². The average molecular weight is 457 g/mol. The summed E-state index contributed by atoms with van der Waals surface area (Å²) in [5.41, 5.74) is 12.2. The maximum atomic E-state index is 12.3. The number of halogens is 2. The summed E-state index contributed by atoms with van der Waals surface area (Å²) < 4.78 is 55.9. The van der Waals surface area contributed by atoms with Gasteiger partial charge in [-0.25, -0.2) is 0 Å². The highest BCUT2D eigenvalue weighted by atomic mass is 32.2. The summed E-state index contributed by atoms with van der Waals surface area (Å²) in [6, 6.07) is 16.5. The van der Waals surface area contributed by atoms with Crippen LogP contribution in [0.5, 0.6) is 5.75 Å². The minimum absolute atomic E-state index is 0.109. The fourth-order valence-electron chi connectivity index (χ4n) is 4.22. The van der Waals surface area contributed by atoms with E-state index in [-0.39, 0.29) is 16.5 Å². The number of amidine groups is 1. The molecule has 0 unspecified atom stereocenters. The van der Waals surface area contributed by atoms with Crippen LogP contribution in [0.1, 0.15) is 34.7 Å². The van der Waals surface area contributed by atoms with Crippen molar-refractivity contribution in [3.63, 3.8) is 0 Å². The number of alkyl halides is 2. The SMILES string of the molecule is CCc1ccc2c(c1C)C(N)=NS2(=O)=O.FC(F)Oc1cccc2c1-c1ccccc1C2. The highest BCUT2D eigenvalue weighted by molar-refractivity contribution is 7.90. The van der Waals surface area contributed by atoms with Gasteiger partial charge in [-0.15, -0.1) is 4.40 Å². The van der Waals surface area contributed by atoms with Crippen molar-refractivity contribution in [2.24, 2.45) is 10.1 Å². The molecular formula is C24H22F2N2O3S. The molecule has 0 amide bonds. The van der Waals surface area contributed by atoms with Gasteiger partial charge in [-0.05, 0) is 59.7 Å². The van der Waals surface area contributed by atoms with Crippen LogP contribution in [0.15, 0.2) is 63.9 Å². The zero-order chi connectivity index (χ0) is 23.0. The third-order valence-electron chi connectivity index (χ3n) is 5.67. The van der Waals surface area contributed by atoms with E-state index in [1.165, 1.54) is 0 Å². The molecule has 3 aromatic carbocycles. The summed E-state index contributed by atoms with van der Waals surface area (Å²) >= 11 is 0. The van der Waals surface area contributed by atoms with Gasteiger partial charge < -0.3 is 10.5 Å². The molecule has 0 atom stereocenters. The lowest BCUT2D eigenvalue weighted by atomic mass is 10.00. The zero-order valence-electron chi connectivity index (χ0n) is 17.6. The number of nitrogens with two attached hydrogens (primary N) is 1. The monoisotopic (exact) mass is 456 g/mol. The third kappa shape index (κ3) is 3.86. The maximum Gasteiger partial charge on any atom is 0.387 e. The molecule has 3 aromatic rings. The number of fused-ring (bicyclic) bond motifs is 4. The molecule has 8 heteroatoms. The van der Waals surface area contributed by atoms with Gasteiger partial charge >= 0.3 is 6.61 Å². The second-order valence-corrected chi connectivity index (χ2v) is 9.10. The molecule has 5 nitrogen and oxygen atoms in total. The van der Waals surface area contributed by atoms with Crippen LogP contribution in [-0.2, 0) is 22.9 Å². The Morgan fingerprint density at radius 1 is 1.03 bits per heavy atom. The Kier molecular flexibility index (Phi) is 5.73. The van der Waals surface area contributed by atoms with Crippen LogP contribution in [0.3, 0.4) is 0 Å². The van der Waals surface area contributed by atoms with Crippen molar-refractivity contribution in [3.8, 4) is 16.9 Å². The van der Waals surface area contributed by atoms with E-state index in [1.54, 1.807) is 18.2 Å². The van der Waals surface area contributed by atoms with E-state index in [1.807, 2.05) is 50.2 Å². The highest BCUT2D eigenvalue weighted by Gasteiger charge is 2.29. The van der Waals surface area contributed by atoms with Crippen molar-refractivity contribution in [2.45, 2.75) is 38.2 Å². The zero-order valence-corrected chi connectivity index (χ0v) is 18.4. The van der Waals surface area contributed by atoms with Crippen LogP contribution >= 0.6 is 0 Å². The molecule has 1 aliphatic carbocycles. The second kappa shape index (κ2) is 8.35. The molecule has 0 saturated heterocycles. The van der Waals surface area contributed by atoms with Gasteiger partial charge in [0.1, 0.15) is 16.5 Å². The van der Waals surface area contributed by atoms with Gasteiger partial charge in [0.05, 0.1) is 0 Å². The van der Waals surface area contributed by atoms with E-state index in [9.17, 15) is 17.2 Å². The van der Waals surface area contributed by atoms with E-state index in [2.05, 4.69) is 9.13 Å². The molecule has 0 spiro atoms. The molecule has 0 fully saturated rings. The summed E-state index contributed by atoms with van der Waals surface area (Å²) in [5, 5.41) is 0. The normalized spacial score (nSPS) is 14.7. The summed E-state index contributed by atoms with van der Waals surface area (Å²) in [7, 11) is -3.54. The molecule has 0 bridgehead atoms.